The van der Waals surface area contributed by atoms with Gasteiger partial charge in [-0.2, -0.15) is 0 Å². The van der Waals surface area contributed by atoms with Crippen molar-refractivity contribution in [3.8, 4) is 0 Å². The normalized spacial score (nSPS) is 18.2. The van der Waals surface area contributed by atoms with Gasteiger partial charge in [0.05, 0.1) is 22.1 Å². The second-order valence-corrected chi connectivity index (χ2v) is 9.71. The monoisotopic (exact) mass is 470 g/mol. The van der Waals surface area contributed by atoms with E-state index in [9.17, 15) is 4.79 Å². The van der Waals surface area contributed by atoms with E-state index in [2.05, 4.69) is 20.5 Å². The van der Waals surface area contributed by atoms with Crippen LogP contribution in [0.25, 0.3) is 0 Å². The van der Waals surface area contributed by atoms with Crippen LogP contribution in [0.5, 0.6) is 0 Å². The summed E-state index contributed by atoms with van der Waals surface area (Å²) >= 11 is 13.4. The highest BCUT2D eigenvalue weighted by atomic mass is 35.5. The van der Waals surface area contributed by atoms with Gasteiger partial charge in [-0.25, -0.2) is 0 Å². The van der Waals surface area contributed by atoms with E-state index in [1.807, 2.05) is 62.4 Å². The van der Waals surface area contributed by atoms with Gasteiger partial charge in [0.25, 0.3) is 0 Å². The van der Waals surface area contributed by atoms with E-state index in [4.69, 9.17) is 23.8 Å². The Bertz CT molecular complexity index is 1100. The highest BCUT2D eigenvalue weighted by Crippen LogP contribution is 2.42. The molecule has 4 rings (SSSR count). The summed E-state index contributed by atoms with van der Waals surface area (Å²) in [7, 11) is 0. The molecule has 31 heavy (non-hydrogen) atoms. The van der Waals surface area contributed by atoms with Crippen LogP contribution in [0, 0.1) is 13.8 Å². The third-order valence-electron chi connectivity index (χ3n) is 5.33. The smallest absolute Gasteiger partial charge is 0.226 e. The number of nitrogens with one attached hydrogen (secondary N) is 2. The fourth-order valence-corrected chi connectivity index (χ4v) is 5.29. The predicted molar refractivity (Wildman–Crippen MR) is 131 cm³/mol. The molecule has 5 nitrogen and oxygen atoms in total. The maximum absolute atomic E-state index is 12.7. The second kappa shape index (κ2) is 9.34. The molecule has 0 spiro atoms. The predicted octanol–water partition coefficient (Wildman–Crippen LogP) is 5.41. The molecule has 8 heteroatoms. The third kappa shape index (κ3) is 4.89. The highest BCUT2D eigenvalue weighted by Gasteiger charge is 2.40. The summed E-state index contributed by atoms with van der Waals surface area (Å²) in [5, 5.41) is 7.04. The molecule has 2 N–H and O–H groups in total. The van der Waals surface area contributed by atoms with Gasteiger partial charge in [-0.15, -0.1) is 11.3 Å². The lowest BCUT2D eigenvalue weighted by atomic mass is 10.0. The lowest BCUT2D eigenvalue weighted by Crippen LogP contribution is -2.32. The summed E-state index contributed by atoms with van der Waals surface area (Å²) in [5.41, 5.74) is 3.90. The molecule has 160 valence electrons. The molecular weight excluding hydrogens is 448 g/mol. The van der Waals surface area contributed by atoms with Crippen LogP contribution >= 0.6 is 35.2 Å². The van der Waals surface area contributed by atoms with E-state index in [0.717, 1.165) is 31.7 Å². The van der Waals surface area contributed by atoms with Crippen LogP contribution in [-0.2, 0) is 4.79 Å². The molecule has 0 aliphatic carbocycles. The minimum absolute atomic E-state index is 0.0410. The fraction of sp³-hybridized carbons (Fsp3) is 0.261. The molecule has 1 fully saturated rings. The van der Waals surface area contributed by atoms with E-state index >= 15 is 0 Å². The van der Waals surface area contributed by atoms with E-state index in [-0.39, 0.29) is 18.0 Å². The van der Waals surface area contributed by atoms with Crippen LogP contribution in [0.1, 0.15) is 40.2 Å². The summed E-state index contributed by atoms with van der Waals surface area (Å²) in [6, 6.07) is 15.6. The zero-order valence-electron chi connectivity index (χ0n) is 17.3. The third-order valence-corrected chi connectivity index (χ3v) is 6.98. The molecule has 0 unspecified atom stereocenters. The summed E-state index contributed by atoms with van der Waals surface area (Å²) in [4.78, 5) is 20.4. The van der Waals surface area contributed by atoms with E-state index < -0.39 is 0 Å². The maximum Gasteiger partial charge on any atom is 0.226 e. The number of rotatable bonds is 6. The molecule has 3 heterocycles. The molecule has 0 radical (unpaired) electrons. The zero-order valence-corrected chi connectivity index (χ0v) is 19.7. The molecule has 0 saturated carbocycles. The average molecular weight is 471 g/mol. The van der Waals surface area contributed by atoms with E-state index in [1.165, 1.54) is 11.3 Å². The van der Waals surface area contributed by atoms with Crippen molar-refractivity contribution in [2.75, 3.05) is 11.9 Å². The van der Waals surface area contributed by atoms with Gasteiger partial charge in [-0.1, -0.05) is 29.8 Å². The fourth-order valence-electron chi connectivity index (χ4n) is 3.75. The second-order valence-electron chi connectivity index (χ2n) is 7.58. The first-order chi connectivity index (χ1) is 14.9. The summed E-state index contributed by atoms with van der Waals surface area (Å²) in [6.45, 7) is 4.49. The SMILES string of the molecule is Cc1ccc(C)c(NC(=O)CCN2C(=S)N[C@@H](c3ccccn3)[C@@H]2c2ccc(Cl)s2)c1. The topological polar surface area (TPSA) is 57.3 Å². The van der Waals surface area contributed by atoms with Crippen LogP contribution in [-0.4, -0.2) is 27.4 Å². The van der Waals surface area contributed by atoms with Gasteiger partial charge < -0.3 is 15.5 Å². The molecule has 2 atom stereocenters. The summed E-state index contributed by atoms with van der Waals surface area (Å²) in [6.07, 6.45) is 2.10. The van der Waals surface area contributed by atoms with Crippen molar-refractivity contribution in [1.29, 1.82) is 0 Å². The Morgan fingerprint density at radius 1 is 1.26 bits per heavy atom. The molecule has 1 aliphatic heterocycles. The molecule has 1 saturated heterocycles. The maximum atomic E-state index is 12.7. The number of nitrogens with zero attached hydrogens (tertiary/aromatic N) is 2. The number of hydrogen-bond donors (Lipinski definition) is 2. The molecule has 1 aromatic carbocycles. The molecule has 0 bridgehead atoms. The Morgan fingerprint density at radius 2 is 2.10 bits per heavy atom. The summed E-state index contributed by atoms with van der Waals surface area (Å²) in [5.74, 6) is -0.0410. The van der Waals surface area contributed by atoms with Crippen molar-refractivity contribution in [2.45, 2.75) is 32.4 Å². The standard InChI is InChI=1S/C23H23ClN4OS2/c1-14-6-7-15(2)17(13-14)26-20(29)10-12-28-22(18-8-9-19(24)31-18)21(27-23(28)30)16-5-3-4-11-25-16/h3-9,11,13,21-22H,10,12H2,1-2H3,(H,26,29)(H,27,30)/t21-,22-/m0/s1. The summed E-state index contributed by atoms with van der Waals surface area (Å²) < 4.78 is 0.722. The van der Waals surface area contributed by atoms with Crippen molar-refractivity contribution in [2.24, 2.45) is 0 Å². The van der Waals surface area contributed by atoms with Crippen molar-refractivity contribution in [3.05, 3.63) is 80.8 Å². The minimum Gasteiger partial charge on any atom is -0.352 e. The number of aryl methyl sites for hydroxylation is 2. The minimum atomic E-state index is -0.106. The number of thiophene rings is 1. The molecule has 2 aromatic heterocycles. The Morgan fingerprint density at radius 3 is 2.81 bits per heavy atom. The molecule has 1 amide bonds. The number of halogens is 1. The van der Waals surface area contributed by atoms with Crippen LogP contribution in [0.4, 0.5) is 5.69 Å². The number of benzene rings is 1. The number of hydrogen-bond acceptors (Lipinski definition) is 4. The first kappa shape index (κ1) is 21.7. The number of thiocarbonyl (C=S) groups is 1. The highest BCUT2D eigenvalue weighted by molar-refractivity contribution is 7.80. The van der Waals surface area contributed by atoms with Crippen molar-refractivity contribution in [3.63, 3.8) is 0 Å². The van der Waals surface area contributed by atoms with Crippen molar-refractivity contribution < 1.29 is 4.79 Å². The number of amides is 1. The number of carbonyl (C=O) groups excluding carboxylic acids is 1. The van der Waals surface area contributed by atoms with Crippen LogP contribution in [0.15, 0.2) is 54.7 Å². The molecule has 1 aliphatic rings. The van der Waals surface area contributed by atoms with Gasteiger partial charge >= 0.3 is 0 Å². The van der Waals surface area contributed by atoms with Crippen LogP contribution < -0.4 is 10.6 Å². The average Bonchev–Trinajstić information content (AvgIpc) is 3.32. The van der Waals surface area contributed by atoms with Crippen molar-refractivity contribution in [1.82, 2.24) is 15.2 Å². The number of pyridine rings is 1. The van der Waals surface area contributed by atoms with Crippen LogP contribution in [0.2, 0.25) is 4.34 Å². The number of aromatic nitrogens is 1. The first-order valence-corrected chi connectivity index (χ1v) is 11.6. The Hall–Kier alpha value is -2.48. The van der Waals surface area contributed by atoms with E-state index in [0.29, 0.717) is 18.1 Å². The lowest BCUT2D eigenvalue weighted by Gasteiger charge is -2.26. The van der Waals surface area contributed by atoms with Crippen LogP contribution in [0.3, 0.4) is 0 Å². The van der Waals surface area contributed by atoms with Gasteiger partial charge in [0.15, 0.2) is 5.11 Å². The molecule has 3 aromatic rings. The zero-order chi connectivity index (χ0) is 22.0. The van der Waals surface area contributed by atoms with Gasteiger partial charge in [0, 0.05) is 29.7 Å². The quantitative estimate of drug-likeness (QED) is 0.471. The number of carbonyl (C=O) groups is 1. The van der Waals surface area contributed by atoms with Gasteiger partial charge in [0.2, 0.25) is 5.91 Å². The Balaban J connectivity index is 1.52. The largest absolute Gasteiger partial charge is 0.352 e. The van der Waals surface area contributed by atoms with Crippen molar-refractivity contribution >= 4 is 51.9 Å². The van der Waals surface area contributed by atoms with Gasteiger partial charge in [-0.3, -0.25) is 9.78 Å². The number of anilines is 1. The van der Waals surface area contributed by atoms with E-state index in [1.54, 1.807) is 6.20 Å². The van der Waals surface area contributed by atoms with Gasteiger partial charge in [0.1, 0.15) is 0 Å². The lowest BCUT2D eigenvalue weighted by molar-refractivity contribution is -0.116. The van der Waals surface area contributed by atoms with Gasteiger partial charge in [-0.05, 0) is 67.5 Å². The first-order valence-electron chi connectivity index (χ1n) is 10.0. The Kier molecular flexibility index (Phi) is 6.55. The molecular formula is C23H23ClN4OS2. The Labute approximate surface area is 196 Å².